The minimum atomic E-state index is -0.642. The molecule has 10 nitrogen and oxygen atoms in total. The molecule has 36 heavy (non-hydrogen) atoms. The topological polar surface area (TPSA) is 187 Å². The largest absolute Gasteiger partial charge is 0.504 e. The fourth-order valence-corrected chi connectivity index (χ4v) is 3.25. The Labute approximate surface area is 208 Å². The Bertz CT molecular complexity index is 1270. The van der Waals surface area contributed by atoms with E-state index < -0.39 is 11.8 Å². The van der Waals surface area contributed by atoms with Gasteiger partial charge in [0.2, 0.25) is 0 Å². The number of phenols is 4. The first-order valence-corrected chi connectivity index (χ1v) is 11.0. The highest BCUT2D eigenvalue weighted by Crippen LogP contribution is 2.26. The third kappa shape index (κ3) is 7.82. The number of rotatable bonds is 10. The van der Waals surface area contributed by atoms with E-state index in [1.54, 1.807) is 6.07 Å². The molecule has 0 fully saturated rings. The van der Waals surface area contributed by atoms with Crippen LogP contribution in [0.15, 0.2) is 47.5 Å². The molecule has 2 aromatic carbocycles. The predicted molar refractivity (Wildman–Crippen MR) is 131 cm³/mol. The van der Waals surface area contributed by atoms with E-state index in [0.717, 1.165) is 6.42 Å². The average molecular weight is 491 g/mol. The number of nitrogens with zero attached hydrogens (tertiary/aromatic N) is 2. The fourth-order valence-electron chi connectivity index (χ4n) is 3.25. The molecule has 1 atom stereocenters. The summed E-state index contributed by atoms with van der Waals surface area (Å²) in [5.41, 5.74) is 0.306. The number of carbonyl (C=O) groups excluding carboxylic acids is 2. The van der Waals surface area contributed by atoms with E-state index in [-0.39, 0.29) is 46.7 Å². The van der Waals surface area contributed by atoms with E-state index in [1.165, 1.54) is 48.6 Å². The Kier molecular flexibility index (Phi) is 9.90. The third-order valence-electron chi connectivity index (χ3n) is 5.10. The Hall–Kier alpha value is -4.96. The van der Waals surface area contributed by atoms with Crippen LogP contribution in [-0.2, 0) is 9.59 Å². The van der Waals surface area contributed by atoms with Crippen molar-refractivity contribution in [2.75, 3.05) is 6.54 Å². The second-order valence-corrected chi connectivity index (χ2v) is 7.84. The van der Waals surface area contributed by atoms with Crippen molar-refractivity contribution >= 4 is 24.0 Å². The van der Waals surface area contributed by atoms with Gasteiger partial charge in [-0.2, -0.15) is 10.5 Å². The first-order chi connectivity index (χ1) is 17.2. The molecular weight excluding hydrogens is 464 g/mol. The number of hydrogen-bond acceptors (Lipinski definition) is 8. The van der Waals surface area contributed by atoms with Crippen LogP contribution in [0.25, 0.3) is 12.2 Å². The Morgan fingerprint density at radius 2 is 1.33 bits per heavy atom. The van der Waals surface area contributed by atoms with Gasteiger partial charge in [0.25, 0.3) is 11.8 Å². The summed E-state index contributed by atoms with van der Waals surface area (Å²) in [7, 11) is 0. The Morgan fingerprint density at radius 1 is 0.833 bits per heavy atom. The zero-order valence-electron chi connectivity index (χ0n) is 19.5. The molecule has 10 heteroatoms. The van der Waals surface area contributed by atoms with Crippen LogP contribution in [0, 0.1) is 22.7 Å². The fraction of sp³-hybridized carbons (Fsp3) is 0.231. The molecular formula is C26H26N4O6. The lowest BCUT2D eigenvalue weighted by atomic mass is 10.1. The summed E-state index contributed by atoms with van der Waals surface area (Å²) in [5.74, 6) is -2.68. The summed E-state index contributed by atoms with van der Waals surface area (Å²) >= 11 is 0. The molecule has 0 aromatic heterocycles. The van der Waals surface area contributed by atoms with Crippen molar-refractivity contribution in [2.45, 2.75) is 32.2 Å². The Balaban J connectivity index is 2.01. The van der Waals surface area contributed by atoms with E-state index >= 15 is 0 Å². The van der Waals surface area contributed by atoms with Crippen LogP contribution in [0.4, 0.5) is 0 Å². The maximum Gasteiger partial charge on any atom is 0.262 e. The van der Waals surface area contributed by atoms with Crippen molar-refractivity contribution in [3.8, 4) is 35.1 Å². The van der Waals surface area contributed by atoms with Gasteiger partial charge in [0, 0.05) is 12.6 Å². The minimum absolute atomic E-state index is 0.140. The molecule has 2 aromatic rings. The highest BCUT2D eigenvalue weighted by Gasteiger charge is 2.17. The summed E-state index contributed by atoms with van der Waals surface area (Å²) in [6.45, 7) is 2.06. The quantitative estimate of drug-likeness (QED) is 0.167. The lowest BCUT2D eigenvalue weighted by molar-refractivity contribution is -0.117. The summed E-state index contributed by atoms with van der Waals surface area (Å²) in [5, 5.41) is 62.0. The van der Waals surface area contributed by atoms with E-state index in [1.807, 2.05) is 13.0 Å². The molecule has 0 heterocycles. The number of benzene rings is 2. The van der Waals surface area contributed by atoms with Gasteiger partial charge in [0.15, 0.2) is 23.0 Å². The normalized spacial score (nSPS) is 12.2. The maximum absolute atomic E-state index is 12.6. The van der Waals surface area contributed by atoms with Crippen LogP contribution in [0.5, 0.6) is 23.0 Å². The second-order valence-electron chi connectivity index (χ2n) is 7.84. The molecule has 0 bridgehead atoms. The molecule has 1 unspecified atom stereocenters. The van der Waals surface area contributed by atoms with E-state index in [2.05, 4.69) is 10.6 Å². The first kappa shape index (κ1) is 27.3. The average Bonchev–Trinajstić information content (AvgIpc) is 2.85. The predicted octanol–water partition coefficient (Wildman–Crippen LogP) is 2.81. The summed E-state index contributed by atoms with van der Waals surface area (Å²) < 4.78 is 0. The number of phenolic OH excluding ortho intramolecular Hbond substituents is 4. The van der Waals surface area contributed by atoms with Gasteiger partial charge in [-0.05, 0) is 60.4 Å². The van der Waals surface area contributed by atoms with Gasteiger partial charge in [0.05, 0.1) is 0 Å². The van der Waals surface area contributed by atoms with Gasteiger partial charge in [-0.1, -0.05) is 25.5 Å². The van der Waals surface area contributed by atoms with Gasteiger partial charge in [-0.3, -0.25) is 9.59 Å². The SMILES string of the molecule is CCCC(CCNC(=O)C(C#N)=Cc1ccc(O)c(O)c1)NC(=O)C(C#N)=Cc1ccc(O)c(O)c1. The first-order valence-electron chi connectivity index (χ1n) is 11.0. The number of aromatic hydroxyl groups is 4. The van der Waals surface area contributed by atoms with Crippen molar-refractivity contribution in [1.82, 2.24) is 10.6 Å². The molecule has 0 spiro atoms. The van der Waals surface area contributed by atoms with E-state index in [9.17, 15) is 40.5 Å². The number of nitriles is 2. The summed E-state index contributed by atoms with van der Waals surface area (Å²) in [4.78, 5) is 25.0. The molecule has 186 valence electrons. The van der Waals surface area contributed by atoms with Crippen molar-refractivity contribution in [3.63, 3.8) is 0 Å². The maximum atomic E-state index is 12.6. The van der Waals surface area contributed by atoms with Gasteiger partial charge in [-0.15, -0.1) is 0 Å². The van der Waals surface area contributed by atoms with Crippen LogP contribution >= 0.6 is 0 Å². The van der Waals surface area contributed by atoms with Crippen LogP contribution in [0.2, 0.25) is 0 Å². The smallest absolute Gasteiger partial charge is 0.262 e. The molecule has 0 aliphatic rings. The van der Waals surface area contributed by atoms with Gasteiger partial charge in [-0.25, -0.2) is 0 Å². The number of hydrogen-bond donors (Lipinski definition) is 6. The van der Waals surface area contributed by atoms with Crippen LogP contribution in [-0.4, -0.2) is 44.8 Å². The van der Waals surface area contributed by atoms with Gasteiger partial charge >= 0.3 is 0 Å². The third-order valence-corrected chi connectivity index (χ3v) is 5.10. The molecule has 6 N–H and O–H groups in total. The monoisotopic (exact) mass is 490 g/mol. The lowest BCUT2D eigenvalue weighted by Gasteiger charge is -2.18. The second kappa shape index (κ2) is 13.1. The highest BCUT2D eigenvalue weighted by atomic mass is 16.3. The van der Waals surface area contributed by atoms with Gasteiger partial charge in [0.1, 0.15) is 23.3 Å². The van der Waals surface area contributed by atoms with Crippen molar-refractivity contribution in [1.29, 1.82) is 10.5 Å². The molecule has 0 aliphatic carbocycles. The van der Waals surface area contributed by atoms with Crippen LogP contribution in [0.1, 0.15) is 37.3 Å². The van der Waals surface area contributed by atoms with E-state index in [4.69, 9.17) is 0 Å². The molecule has 0 saturated carbocycles. The molecule has 0 aliphatic heterocycles. The molecule has 2 rings (SSSR count). The van der Waals surface area contributed by atoms with Crippen molar-refractivity contribution in [2.24, 2.45) is 0 Å². The number of carbonyl (C=O) groups is 2. The molecule has 2 amide bonds. The van der Waals surface area contributed by atoms with Crippen molar-refractivity contribution in [3.05, 3.63) is 58.7 Å². The van der Waals surface area contributed by atoms with Gasteiger partial charge < -0.3 is 31.1 Å². The zero-order valence-corrected chi connectivity index (χ0v) is 19.5. The summed E-state index contributed by atoms with van der Waals surface area (Å²) in [6, 6.07) is 11.0. The van der Waals surface area contributed by atoms with Crippen LogP contribution < -0.4 is 10.6 Å². The van der Waals surface area contributed by atoms with Crippen molar-refractivity contribution < 1.29 is 30.0 Å². The Morgan fingerprint density at radius 3 is 1.78 bits per heavy atom. The highest BCUT2D eigenvalue weighted by molar-refractivity contribution is 6.02. The van der Waals surface area contributed by atoms with E-state index in [0.29, 0.717) is 24.0 Å². The van der Waals surface area contributed by atoms with Crippen LogP contribution in [0.3, 0.4) is 0 Å². The summed E-state index contributed by atoms with van der Waals surface area (Å²) in [6.07, 6.45) is 4.19. The number of nitrogens with one attached hydrogen (secondary N) is 2. The molecule has 0 saturated heterocycles. The minimum Gasteiger partial charge on any atom is -0.504 e. The zero-order chi connectivity index (χ0) is 26.7. The molecule has 0 radical (unpaired) electrons. The number of amides is 2. The standard InChI is InChI=1S/C26H26N4O6/c1-2-3-20(30-26(36)19(15-28)11-17-5-7-22(32)24(34)13-17)8-9-29-25(35)18(14-27)10-16-4-6-21(31)23(33)12-16/h4-7,10-13,20,31-34H,2-3,8-9H2,1H3,(H,29,35)(H,30,36). The lowest BCUT2D eigenvalue weighted by Crippen LogP contribution is -2.38.